The van der Waals surface area contributed by atoms with E-state index in [0.29, 0.717) is 0 Å². The molecule has 8 heteroatoms. The zero-order valence-corrected chi connectivity index (χ0v) is 12.2. The number of carbonyl (C=O) groups excluding carboxylic acids is 1. The third-order valence-electron chi connectivity index (χ3n) is 3.04. The van der Waals surface area contributed by atoms with Gasteiger partial charge < -0.3 is 15.2 Å². The summed E-state index contributed by atoms with van der Waals surface area (Å²) in [6, 6.07) is 9.14. The second-order valence-corrected chi connectivity index (χ2v) is 4.91. The van der Waals surface area contributed by atoms with Gasteiger partial charge in [-0.3, -0.25) is 4.79 Å². The maximum Gasteiger partial charge on any atom is 0.331 e. The van der Waals surface area contributed by atoms with Gasteiger partial charge in [0.25, 0.3) is 5.91 Å². The Morgan fingerprint density at radius 1 is 1.36 bits per heavy atom. The van der Waals surface area contributed by atoms with Crippen LogP contribution in [0.2, 0.25) is 0 Å². The molecule has 0 aliphatic heterocycles. The summed E-state index contributed by atoms with van der Waals surface area (Å²) in [6.45, 7) is 1.19. The lowest BCUT2D eigenvalue weighted by atomic mass is 10.0. The molecule has 2 N–H and O–H groups in total. The Hall–Kier alpha value is -2.74. The Balaban J connectivity index is 2.17. The molecule has 2 rings (SSSR count). The van der Waals surface area contributed by atoms with Crippen LogP contribution < -0.4 is 5.32 Å². The van der Waals surface area contributed by atoms with Crippen LogP contribution in [0.15, 0.2) is 36.5 Å². The topological polar surface area (TPSA) is 106 Å². The Bertz CT molecular complexity index is 670. The zero-order chi connectivity index (χ0) is 16.2. The lowest BCUT2D eigenvalue weighted by Gasteiger charge is -2.24. The van der Waals surface area contributed by atoms with Crippen molar-refractivity contribution in [3.63, 3.8) is 0 Å². The maximum atomic E-state index is 12.1. The van der Waals surface area contributed by atoms with Crippen LogP contribution in [0, 0.1) is 0 Å². The standard InChI is InChI=1S/C14H16N4O4/c1-14(9-22-2,13(20)21)15-12(19)11-8-18(17-16-11)10-6-4-3-5-7-10/h3-8H,9H2,1-2H3,(H,15,19)(H,20,21). The number of amides is 1. The quantitative estimate of drug-likeness (QED) is 0.804. The summed E-state index contributed by atoms with van der Waals surface area (Å²) in [6.07, 6.45) is 1.43. The van der Waals surface area contributed by atoms with Gasteiger partial charge in [0, 0.05) is 7.11 Å². The van der Waals surface area contributed by atoms with Crippen molar-refractivity contribution >= 4 is 11.9 Å². The van der Waals surface area contributed by atoms with Crippen LogP contribution in [-0.2, 0) is 9.53 Å². The van der Waals surface area contributed by atoms with E-state index >= 15 is 0 Å². The molecular formula is C14H16N4O4. The smallest absolute Gasteiger partial charge is 0.331 e. The second kappa shape index (κ2) is 6.35. The van der Waals surface area contributed by atoms with Gasteiger partial charge in [-0.25, -0.2) is 9.48 Å². The van der Waals surface area contributed by atoms with Crippen LogP contribution in [0.5, 0.6) is 0 Å². The van der Waals surface area contributed by atoms with Crippen LogP contribution in [-0.4, -0.2) is 51.2 Å². The zero-order valence-electron chi connectivity index (χ0n) is 12.2. The molecule has 0 fully saturated rings. The molecule has 0 bridgehead atoms. The number of ether oxygens (including phenoxy) is 1. The number of para-hydroxylation sites is 1. The predicted octanol–water partition coefficient (Wildman–Crippen LogP) is 0.487. The van der Waals surface area contributed by atoms with Crippen molar-refractivity contribution in [2.75, 3.05) is 13.7 Å². The third kappa shape index (κ3) is 3.29. The molecule has 0 saturated carbocycles. The fraction of sp³-hybridized carbons (Fsp3) is 0.286. The molecule has 1 atom stereocenters. The summed E-state index contributed by atoms with van der Waals surface area (Å²) in [5.41, 5.74) is -0.776. The highest BCUT2D eigenvalue weighted by molar-refractivity contribution is 5.96. The minimum absolute atomic E-state index is 0.0208. The lowest BCUT2D eigenvalue weighted by molar-refractivity contribution is -0.145. The highest BCUT2D eigenvalue weighted by Crippen LogP contribution is 2.09. The molecule has 0 radical (unpaired) electrons. The van der Waals surface area contributed by atoms with Gasteiger partial charge >= 0.3 is 5.97 Å². The van der Waals surface area contributed by atoms with E-state index in [9.17, 15) is 14.7 Å². The molecule has 1 amide bonds. The van der Waals surface area contributed by atoms with E-state index in [1.54, 1.807) is 0 Å². The van der Waals surface area contributed by atoms with Gasteiger partial charge in [-0.1, -0.05) is 23.4 Å². The number of methoxy groups -OCH3 is 1. The Labute approximate surface area is 126 Å². The first kappa shape index (κ1) is 15.6. The number of aromatic nitrogens is 3. The van der Waals surface area contributed by atoms with E-state index in [2.05, 4.69) is 15.6 Å². The number of hydrogen-bond acceptors (Lipinski definition) is 5. The lowest BCUT2D eigenvalue weighted by Crippen LogP contribution is -2.55. The summed E-state index contributed by atoms with van der Waals surface area (Å²) in [5.74, 6) is -1.83. The number of nitrogens with one attached hydrogen (secondary N) is 1. The van der Waals surface area contributed by atoms with Crippen molar-refractivity contribution in [3.8, 4) is 5.69 Å². The van der Waals surface area contributed by atoms with Crippen molar-refractivity contribution in [2.24, 2.45) is 0 Å². The van der Waals surface area contributed by atoms with E-state index in [0.717, 1.165) is 5.69 Å². The minimum atomic E-state index is -1.54. The summed E-state index contributed by atoms with van der Waals surface area (Å²) < 4.78 is 6.28. The molecular weight excluding hydrogens is 288 g/mol. The second-order valence-electron chi connectivity index (χ2n) is 4.91. The molecule has 1 aromatic carbocycles. The van der Waals surface area contributed by atoms with E-state index in [-0.39, 0.29) is 12.3 Å². The Morgan fingerprint density at radius 2 is 2.05 bits per heavy atom. The summed E-state index contributed by atoms with van der Waals surface area (Å²) in [5, 5.41) is 19.2. The van der Waals surface area contributed by atoms with Crippen molar-refractivity contribution in [2.45, 2.75) is 12.5 Å². The monoisotopic (exact) mass is 304 g/mol. The SMILES string of the molecule is COCC(C)(NC(=O)c1cn(-c2ccccc2)nn1)C(=O)O. The number of carboxylic acid groups (broad SMARTS) is 1. The number of rotatable bonds is 6. The Kier molecular flexibility index (Phi) is 4.52. The van der Waals surface area contributed by atoms with Gasteiger partial charge in [-0.15, -0.1) is 5.10 Å². The highest BCUT2D eigenvalue weighted by atomic mass is 16.5. The first-order chi connectivity index (χ1) is 10.5. The van der Waals surface area contributed by atoms with Crippen molar-refractivity contribution in [3.05, 3.63) is 42.2 Å². The highest BCUT2D eigenvalue weighted by Gasteiger charge is 2.35. The molecule has 0 aliphatic carbocycles. The summed E-state index contributed by atoms with van der Waals surface area (Å²) in [7, 11) is 1.36. The van der Waals surface area contributed by atoms with Crippen LogP contribution in [0.1, 0.15) is 17.4 Å². The van der Waals surface area contributed by atoms with E-state index in [4.69, 9.17) is 4.74 Å². The number of benzene rings is 1. The average Bonchev–Trinajstić information content (AvgIpc) is 2.98. The number of aliphatic carboxylic acids is 1. The molecule has 2 aromatic rings. The van der Waals surface area contributed by atoms with Crippen molar-refractivity contribution in [1.29, 1.82) is 0 Å². The molecule has 0 spiro atoms. The van der Waals surface area contributed by atoms with Crippen LogP contribution in [0.3, 0.4) is 0 Å². The number of nitrogens with zero attached hydrogens (tertiary/aromatic N) is 3. The number of carboxylic acids is 1. The van der Waals surface area contributed by atoms with Gasteiger partial charge in [0.2, 0.25) is 0 Å². The van der Waals surface area contributed by atoms with Crippen LogP contribution in [0.4, 0.5) is 0 Å². The van der Waals surface area contributed by atoms with Gasteiger partial charge in [-0.2, -0.15) is 0 Å². The first-order valence-corrected chi connectivity index (χ1v) is 6.49. The van der Waals surface area contributed by atoms with Crippen LogP contribution >= 0.6 is 0 Å². The van der Waals surface area contributed by atoms with Crippen LogP contribution in [0.25, 0.3) is 5.69 Å². The molecule has 0 aliphatic rings. The fourth-order valence-corrected chi connectivity index (χ4v) is 1.83. The molecule has 1 aromatic heterocycles. The predicted molar refractivity (Wildman–Crippen MR) is 76.7 cm³/mol. The van der Waals surface area contributed by atoms with E-state index in [1.807, 2.05) is 30.3 Å². The molecule has 8 nitrogen and oxygen atoms in total. The van der Waals surface area contributed by atoms with Crippen molar-refractivity contribution in [1.82, 2.24) is 20.3 Å². The summed E-state index contributed by atoms with van der Waals surface area (Å²) >= 11 is 0. The van der Waals surface area contributed by atoms with Gasteiger partial charge in [0.15, 0.2) is 11.2 Å². The summed E-state index contributed by atoms with van der Waals surface area (Å²) in [4.78, 5) is 23.4. The van der Waals surface area contributed by atoms with Gasteiger partial charge in [0.1, 0.15) is 0 Å². The normalized spacial score (nSPS) is 13.4. The third-order valence-corrected chi connectivity index (χ3v) is 3.04. The average molecular weight is 304 g/mol. The molecule has 1 unspecified atom stereocenters. The minimum Gasteiger partial charge on any atom is -0.479 e. The van der Waals surface area contributed by atoms with Crippen molar-refractivity contribution < 1.29 is 19.4 Å². The largest absolute Gasteiger partial charge is 0.479 e. The first-order valence-electron chi connectivity index (χ1n) is 6.49. The number of carbonyl (C=O) groups is 2. The van der Waals surface area contributed by atoms with E-state index < -0.39 is 17.4 Å². The molecule has 22 heavy (non-hydrogen) atoms. The van der Waals surface area contributed by atoms with Gasteiger partial charge in [-0.05, 0) is 19.1 Å². The maximum absolute atomic E-state index is 12.1. The molecule has 1 heterocycles. The molecule has 0 saturated heterocycles. The fourth-order valence-electron chi connectivity index (χ4n) is 1.83. The number of hydrogen-bond donors (Lipinski definition) is 2. The van der Waals surface area contributed by atoms with E-state index in [1.165, 1.54) is 24.9 Å². The molecule has 116 valence electrons. The van der Waals surface area contributed by atoms with Gasteiger partial charge in [0.05, 0.1) is 18.5 Å². The Morgan fingerprint density at radius 3 is 2.64 bits per heavy atom.